The molecule has 0 unspecified atom stereocenters. The van der Waals surface area contributed by atoms with Crippen LogP contribution in [0.3, 0.4) is 0 Å². The van der Waals surface area contributed by atoms with Crippen molar-refractivity contribution in [2.75, 3.05) is 13.2 Å². The van der Waals surface area contributed by atoms with Crippen LogP contribution in [-0.4, -0.2) is 46.9 Å². The van der Waals surface area contributed by atoms with E-state index in [9.17, 15) is 4.79 Å². The molecule has 0 aromatic rings. The zero-order valence-electron chi connectivity index (χ0n) is 9.97. The molecular formula is C10H21ClN2O3. The van der Waals surface area contributed by atoms with E-state index in [2.05, 4.69) is 0 Å². The van der Waals surface area contributed by atoms with Crippen LogP contribution in [0.25, 0.3) is 0 Å². The van der Waals surface area contributed by atoms with Gasteiger partial charge in [0.15, 0.2) is 0 Å². The highest BCUT2D eigenvalue weighted by Crippen LogP contribution is 2.19. The number of halogens is 1. The van der Waals surface area contributed by atoms with Crippen molar-refractivity contribution in [3.63, 3.8) is 0 Å². The molecule has 3 N–H and O–H groups in total. The fraction of sp³-hybridized carbons (Fsp3) is 0.900. The molecule has 1 aliphatic heterocycles. The lowest BCUT2D eigenvalue weighted by Gasteiger charge is -2.27. The van der Waals surface area contributed by atoms with Crippen LogP contribution in [0.5, 0.6) is 0 Å². The summed E-state index contributed by atoms with van der Waals surface area (Å²) in [5.74, 6) is 0. The molecule has 1 rings (SSSR count). The fourth-order valence-corrected chi connectivity index (χ4v) is 1.67. The summed E-state index contributed by atoms with van der Waals surface area (Å²) in [6.45, 7) is 5.84. The number of amides is 1. The molecule has 0 aromatic heterocycles. The van der Waals surface area contributed by atoms with Gasteiger partial charge in [0.25, 0.3) is 0 Å². The van der Waals surface area contributed by atoms with Gasteiger partial charge in [0, 0.05) is 12.6 Å². The molecule has 5 nitrogen and oxygen atoms in total. The lowest BCUT2D eigenvalue weighted by atomic mass is 10.2. The lowest BCUT2D eigenvalue weighted by Crippen LogP contribution is -2.41. The first-order valence-electron chi connectivity index (χ1n) is 5.19. The molecule has 0 saturated carbocycles. The minimum absolute atomic E-state index is 0. The normalized spacial score (nSPS) is 25.2. The van der Waals surface area contributed by atoms with Gasteiger partial charge in [-0.2, -0.15) is 0 Å². The molecule has 0 radical (unpaired) electrons. The van der Waals surface area contributed by atoms with Crippen molar-refractivity contribution in [2.24, 2.45) is 5.73 Å². The minimum atomic E-state index is -0.510. The van der Waals surface area contributed by atoms with E-state index in [0.29, 0.717) is 13.0 Å². The van der Waals surface area contributed by atoms with Crippen LogP contribution in [0.1, 0.15) is 27.2 Å². The highest BCUT2D eigenvalue weighted by Gasteiger charge is 2.35. The Hall–Kier alpha value is -0.520. The second-order valence-corrected chi connectivity index (χ2v) is 4.96. The summed E-state index contributed by atoms with van der Waals surface area (Å²) in [5.41, 5.74) is 5.22. The largest absolute Gasteiger partial charge is 0.444 e. The number of likely N-dealkylation sites (tertiary alicyclic amines) is 1. The van der Waals surface area contributed by atoms with Crippen LogP contribution < -0.4 is 5.73 Å². The topological polar surface area (TPSA) is 75.8 Å². The number of aliphatic hydroxyl groups excluding tert-OH is 1. The Morgan fingerprint density at radius 2 is 2.12 bits per heavy atom. The quantitative estimate of drug-likeness (QED) is 0.722. The summed E-state index contributed by atoms with van der Waals surface area (Å²) in [6.07, 6.45) is 0.241. The standard InChI is InChI=1S/C10H20N2O3.ClH/c1-10(2,3)15-9(14)12-5-7(11)4-8(12)6-13;/h7-8,13H,4-6,11H2,1-3H3;1H/t7-,8-;/m1./s1. The summed E-state index contributed by atoms with van der Waals surface area (Å²) < 4.78 is 5.22. The molecule has 6 heteroatoms. The van der Waals surface area contributed by atoms with E-state index in [-0.39, 0.29) is 31.1 Å². The Labute approximate surface area is 102 Å². The fourth-order valence-electron chi connectivity index (χ4n) is 1.67. The molecule has 1 heterocycles. The number of rotatable bonds is 1. The second-order valence-electron chi connectivity index (χ2n) is 4.96. The molecular weight excluding hydrogens is 232 g/mol. The van der Waals surface area contributed by atoms with Gasteiger partial charge in [0.2, 0.25) is 0 Å². The third-order valence-electron chi connectivity index (χ3n) is 2.29. The maximum absolute atomic E-state index is 11.7. The number of hydrogen-bond donors (Lipinski definition) is 2. The molecule has 1 aliphatic rings. The van der Waals surface area contributed by atoms with Gasteiger partial charge in [-0.15, -0.1) is 12.4 Å². The number of hydrogen-bond acceptors (Lipinski definition) is 4. The predicted molar refractivity (Wildman–Crippen MR) is 63.7 cm³/mol. The van der Waals surface area contributed by atoms with Gasteiger partial charge < -0.3 is 20.5 Å². The summed E-state index contributed by atoms with van der Waals surface area (Å²) in [5, 5.41) is 9.10. The Bertz CT molecular complexity index is 243. The molecule has 1 amide bonds. The van der Waals surface area contributed by atoms with E-state index in [1.165, 1.54) is 4.90 Å². The highest BCUT2D eigenvalue weighted by atomic mass is 35.5. The Morgan fingerprint density at radius 1 is 1.56 bits per heavy atom. The van der Waals surface area contributed by atoms with Gasteiger partial charge in [-0.1, -0.05) is 0 Å². The number of aliphatic hydroxyl groups is 1. The predicted octanol–water partition coefficient (Wildman–Crippen LogP) is 0.737. The first-order chi connectivity index (χ1) is 6.83. The van der Waals surface area contributed by atoms with Gasteiger partial charge in [-0.25, -0.2) is 4.79 Å². The smallest absolute Gasteiger partial charge is 0.410 e. The Morgan fingerprint density at radius 3 is 2.56 bits per heavy atom. The summed E-state index contributed by atoms with van der Waals surface area (Å²) >= 11 is 0. The summed E-state index contributed by atoms with van der Waals surface area (Å²) in [6, 6.07) is -0.260. The Balaban J connectivity index is 0.00000225. The minimum Gasteiger partial charge on any atom is -0.444 e. The van der Waals surface area contributed by atoms with Gasteiger partial charge in [0.05, 0.1) is 12.6 Å². The van der Waals surface area contributed by atoms with Crippen molar-refractivity contribution in [2.45, 2.75) is 44.9 Å². The number of carbonyl (C=O) groups is 1. The molecule has 0 bridgehead atoms. The lowest BCUT2D eigenvalue weighted by molar-refractivity contribution is 0.0175. The van der Waals surface area contributed by atoms with Crippen molar-refractivity contribution in [1.82, 2.24) is 4.90 Å². The maximum atomic E-state index is 11.7. The molecule has 16 heavy (non-hydrogen) atoms. The molecule has 1 saturated heterocycles. The average Bonchev–Trinajstić information content (AvgIpc) is 2.43. The van der Waals surface area contributed by atoms with Crippen LogP contribution in [0, 0.1) is 0 Å². The molecule has 0 aliphatic carbocycles. The average molecular weight is 253 g/mol. The number of nitrogens with zero attached hydrogens (tertiary/aromatic N) is 1. The van der Waals surface area contributed by atoms with Crippen molar-refractivity contribution < 1.29 is 14.6 Å². The van der Waals surface area contributed by atoms with E-state index in [4.69, 9.17) is 15.6 Å². The SMILES string of the molecule is CC(C)(C)OC(=O)N1C[C@H](N)C[C@@H]1CO.Cl. The van der Waals surface area contributed by atoms with Crippen LogP contribution in [0.4, 0.5) is 4.79 Å². The first-order valence-corrected chi connectivity index (χ1v) is 5.19. The molecule has 0 spiro atoms. The molecule has 0 aromatic carbocycles. The first kappa shape index (κ1) is 15.5. The van der Waals surface area contributed by atoms with Crippen LogP contribution in [-0.2, 0) is 4.74 Å². The van der Waals surface area contributed by atoms with Crippen molar-refractivity contribution >= 4 is 18.5 Å². The van der Waals surface area contributed by atoms with E-state index >= 15 is 0 Å². The van der Waals surface area contributed by atoms with Crippen molar-refractivity contribution in [3.8, 4) is 0 Å². The third kappa shape index (κ3) is 4.15. The molecule has 2 atom stereocenters. The Kier molecular flexibility index (Phi) is 5.52. The number of carbonyl (C=O) groups excluding carboxylic acids is 1. The van der Waals surface area contributed by atoms with E-state index < -0.39 is 11.7 Å². The zero-order chi connectivity index (χ0) is 11.6. The monoisotopic (exact) mass is 252 g/mol. The highest BCUT2D eigenvalue weighted by molar-refractivity contribution is 5.85. The molecule has 1 fully saturated rings. The van der Waals surface area contributed by atoms with E-state index in [1.807, 2.05) is 20.8 Å². The molecule has 96 valence electrons. The van der Waals surface area contributed by atoms with Gasteiger partial charge in [-0.3, -0.25) is 0 Å². The second kappa shape index (κ2) is 5.70. The van der Waals surface area contributed by atoms with Gasteiger partial charge in [-0.05, 0) is 27.2 Å². The van der Waals surface area contributed by atoms with Crippen LogP contribution in [0.2, 0.25) is 0 Å². The maximum Gasteiger partial charge on any atom is 0.410 e. The number of ether oxygens (including phenoxy) is 1. The van der Waals surface area contributed by atoms with E-state index in [0.717, 1.165) is 0 Å². The summed E-state index contributed by atoms with van der Waals surface area (Å²) in [7, 11) is 0. The summed E-state index contributed by atoms with van der Waals surface area (Å²) in [4.78, 5) is 13.2. The van der Waals surface area contributed by atoms with Gasteiger partial charge in [0.1, 0.15) is 5.60 Å². The van der Waals surface area contributed by atoms with Crippen LogP contribution >= 0.6 is 12.4 Å². The van der Waals surface area contributed by atoms with Gasteiger partial charge >= 0.3 is 6.09 Å². The van der Waals surface area contributed by atoms with Crippen LogP contribution in [0.15, 0.2) is 0 Å². The third-order valence-corrected chi connectivity index (χ3v) is 2.29. The number of nitrogens with two attached hydrogens (primary N) is 1. The van der Waals surface area contributed by atoms with Crippen molar-refractivity contribution in [3.05, 3.63) is 0 Å². The van der Waals surface area contributed by atoms with Crippen molar-refractivity contribution in [1.29, 1.82) is 0 Å². The zero-order valence-corrected chi connectivity index (χ0v) is 10.8. The van der Waals surface area contributed by atoms with E-state index in [1.54, 1.807) is 0 Å².